The molecule has 0 spiro atoms. The normalized spacial score (nSPS) is 16.6. The Kier molecular flexibility index (Phi) is 3.85. The van der Waals surface area contributed by atoms with E-state index in [1.165, 1.54) is 31.7 Å². The standard InChI is InChI=1S/C15H24Si/c1-3-5-11-16(12-6-4-2)13-14-9-7-8-10-15(14)16/h7-10H,3-6,11-13H2,1-2H3. The fraction of sp³-hybridized carbons (Fsp3) is 0.600. The molecule has 0 nitrogen and oxygen atoms in total. The summed E-state index contributed by atoms with van der Waals surface area (Å²) in [5.74, 6) is 0. The van der Waals surface area contributed by atoms with Gasteiger partial charge in [-0.2, -0.15) is 0 Å². The number of benzene rings is 1. The molecule has 0 aliphatic carbocycles. The van der Waals surface area contributed by atoms with Crippen LogP contribution in [0.2, 0.25) is 12.1 Å². The lowest BCUT2D eigenvalue weighted by Gasteiger charge is -2.43. The average molecular weight is 232 g/mol. The number of hydrogen-bond donors (Lipinski definition) is 0. The van der Waals surface area contributed by atoms with E-state index in [1.54, 1.807) is 22.8 Å². The van der Waals surface area contributed by atoms with Gasteiger partial charge in [0.25, 0.3) is 0 Å². The zero-order valence-corrected chi connectivity index (χ0v) is 11.8. The highest BCUT2D eigenvalue weighted by Crippen LogP contribution is 2.33. The van der Waals surface area contributed by atoms with Crippen molar-refractivity contribution >= 4 is 13.3 Å². The SMILES string of the molecule is CCCC[Si]1(CCCC)Cc2ccccc21. The highest BCUT2D eigenvalue weighted by atomic mass is 28.3. The molecule has 1 heterocycles. The molecule has 1 aromatic rings. The van der Waals surface area contributed by atoms with Crippen molar-refractivity contribution in [1.82, 2.24) is 0 Å². The van der Waals surface area contributed by atoms with Crippen LogP contribution in [0.1, 0.15) is 45.1 Å². The van der Waals surface area contributed by atoms with Gasteiger partial charge in [0, 0.05) is 0 Å². The Balaban J connectivity index is 2.12. The van der Waals surface area contributed by atoms with Crippen LogP contribution >= 0.6 is 0 Å². The molecule has 0 unspecified atom stereocenters. The molecular weight excluding hydrogens is 208 g/mol. The Morgan fingerprint density at radius 1 is 1.00 bits per heavy atom. The zero-order chi connectivity index (χ0) is 11.4. The van der Waals surface area contributed by atoms with E-state index in [4.69, 9.17) is 0 Å². The Hall–Kier alpha value is -0.563. The quantitative estimate of drug-likeness (QED) is 0.649. The molecule has 0 saturated heterocycles. The van der Waals surface area contributed by atoms with Crippen molar-refractivity contribution in [1.29, 1.82) is 0 Å². The summed E-state index contributed by atoms with van der Waals surface area (Å²) < 4.78 is 0. The second-order valence-electron chi connectivity index (χ2n) is 5.32. The van der Waals surface area contributed by atoms with Gasteiger partial charge in [-0.1, -0.05) is 86.6 Å². The minimum Gasteiger partial charge on any atom is -0.0654 e. The van der Waals surface area contributed by atoms with E-state index < -0.39 is 8.07 Å². The van der Waals surface area contributed by atoms with Crippen LogP contribution in [0, 0.1) is 0 Å². The smallest absolute Gasteiger partial charge is 0.0654 e. The van der Waals surface area contributed by atoms with Gasteiger partial charge in [-0.05, 0) is 6.04 Å². The van der Waals surface area contributed by atoms with Gasteiger partial charge in [-0.3, -0.25) is 0 Å². The van der Waals surface area contributed by atoms with Crippen LogP contribution in [0.15, 0.2) is 24.3 Å². The maximum absolute atomic E-state index is 2.43. The van der Waals surface area contributed by atoms with Crippen molar-refractivity contribution in [3.05, 3.63) is 29.8 Å². The molecule has 1 aliphatic rings. The van der Waals surface area contributed by atoms with Crippen molar-refractivity contribution in [2.75, 3.05) is 0 Å². The molecule has 0 fully saturated rings. The molecule has 2 rings (SSSR count). The van der Waals surface area contributed by atoms with E-state index in [1.807, 2.05) is 0 Å². The van der Waals surface area contributed by atoms with E-state index in [-0.39, 0.29) is 0 Å². The third-order valence-corrected chi connectivity index (χ3v) is 9.44. The summed E-state index contributed by atoms with van der Waals surface area (Å²) >= 11 is 0. The maximum Gasteiger partial charge on any atom is 0.0913 e. The minimum atomic E-state index is -1.01. The molecule has 16 heavy (non-hydrogen) atoms. The Morgan fingerprint density at radius 3 is 2.19 bits per heavy atom. The number of rotatable bonds is 6. The van der Waals surface area contributed by atoms with Crippen molar-refractivity contribution in [2.45, 2.75) is 57.7 Å². The molecular formula is C15H24Si. The Bertz CT molecular complexity index is 335. The summed E-state index contributed by atoms with van der Waals surface area (Å²) in [5, 5.41) is 1.80. The van der Waals surface area contributed by atoms with Crippen LogP contribution < -0.4 is 5.19 Å². The van der Waals surface area contributed by atoms with E-state index in [2.05, 4.69) is 38.1 Å². The summed E-state index contributed by atoms with van der Waals surface area (Å²) in [6, 6.07) is 13.8. The Morgan fingerprint density at radius 2 is 1.62 bits per heavy atom. The van der Waals surface area contributed by atoms with Crippen molar-refractivity contribution in [2.24, 2.45) is 0 Å². The van der Waals surface area contributed by atoms with Gasteiger partial charge >= 0.3 is 0 Å². The van der Waals surface area contributed by atoms with Gasteiger partial charge < -0.3 is 0 Å². The molecule has 0 bridgehead atoms. The summed E-state index contributed by atoms with van der Waals surface area (Å²) in [5.41, 5.74) is 1.67. The Labute approximate surface area is 101 Å². The van der Waals surface area contributed by atoms with E-state index in [9.17, 15) is 0 Å². The first-order valence-corrected chi connectivity index (χ1v) is 9.53. The lowest BCUT2D eigenvalue weighted by atomic mass is 10.2. The topological polar surface area (TPSA) is 0 Å². The van der Waals surface area contributed by atoms with E-state index in [0.717, 1.165) is 0 Å². The number of unbranched alkanes of at least 4 members (excludes halogenated alkanes) is 2. The van der Waals surface area contributed by atoms with E-state index >= 15 is 0 Å². The predicted octanol–water partition coefficient (Wildman–Crippen LogP) is 4.04. The van der Waals surface area contributed by atoms with Gasteiger partial charge in [0.1, 0.15) is 0 Å². The fourth-order valence-electron chi connectivity index (χ4n) is 3.15. The molecule has 0 atom stereocenters. The van der Waals surface area contributed by atoms with Crippen LogP contribution in [0.4, 0.5) is 0 Å². The second kappa shape index (κ2) is 5.18. The summed E-state index contributed by atoms with van der Waals surface area (Å²) in [7, 11) is -1.01. The van der Waals surface area contributed by atoms with Crippen LogP contribution in [0.3, 0.4) is 0 Å². The first-order chi connectivity index (χ1) is 7.82. The van der Waals surface area contributed by atoms with Crippen molar-refractivity contribution in [3.8, 4) is 0 Å². The second-order valence-corrected chi connectivity index (χ2v) is 9.77. The third kappa shape index (κ3) is 2.10. The zero-order valence-electron chi connectivity index (χ0n) is 10.8. The van der Waals surface area contributed by atoms with Crippen molar-refractivity contribution < 1.29 is 0 Å². The highest BCUT2D eigenvalue weighted by Gasteiger charge is 2.42. The number of fused-ring (bicyclic) bond motifs is 1. The molecule has 88 valence electrons. The molecule has 0 N–H and O–H groups in total. The maximum atomic E-state index is 2.43. The van der Waals surface area contributed by atoms with Crippen LogP contribution in [-0.4, -0.2) is 8.07 Å². The monoisotopic (exact) mass is 232 g/mol. The lowest BCUT2D eigenvalue weighted by molar-refractivity contribution is 0.819. The summed E-state index contributed by atoms with van der Waals surface area (Å²) in [4.78, 5) is 0. The molecule has 0 radical (unpaired) electrons. The van der Waals surface area contributed by atoms with Gasteiger partial charge in [-0.15, -0.1) is 0 Å². The highest BCUT2D eigenvalue weighted by molar-refractivity contribution is 6.95. The van der Waals surface area contributed by atoms with Crippen LogP contribution in [0.25, 0.3) is 0 Å². The molecule has 1 heteroatoms. The van der Waals surface area contributed by atoms with E-state index in [0.29, 0.717) is 0 Å². The molecule has 1 aliphatic heterocycles. The van der Waals surface area contributed by atoms with Gasteiger partial charge in [0.15, 0.2) is 0 Å². The summed E-state index contributed by atoms with van der Waals surface area (Å²) in [6.45, 7) is 4.65. The van der Waals surface area contributed by atoms with Gasteiger partial charge in [-0.25, -0.2) is 0 Å². The molecule has 0 saturated carbocycles. The predicted molar refractivity (Wildman–Crippen MR) is 75.0 cm³/mol. The van der Waals surface area contributed by atoms with Gasteiger partial charge in [0.05, 0.1) is 8.07 Å². The average Bonchev–Trinajstić information content (AvgIpc) is 2.30. The first kappa shape index (κ1) is 11.9. The molecule has 0 amide bonds. The molecule has 1 aromatic carbocycles. The third-order valence-electron chi connectivity index (χ3n) is 4.14. The minimum absolute atomic E-state index is 1.01. The molecule has 0 aromatic heterocycles. The fourth-order valence-corrected chi connectivity index (χ4v) is 8.58. The van der Waals surface area contributed by atoms with Gasteiger partial charge in [0.2, 0.25) is 0 Å². The summed E-state index contributed by atoms with van der Waals surface area (Å²) in [6.07, 6.45) is 5.63. The number of hydrogen-bond acceptors (Lipinski definition) is 0. The van der Waals surface area contributed by atoms with Crippen LogP contribution in [0.5, 0.6) is 0 Å². The van der Waals surface area contributed by atoms with Crippen LogP contribution in [-0.2, 0) is 6.04 Å². The first-order valence-electron chi connectivity index (χ1n) is 6.91. The lowest BCUT2D eigenvalue weighted by Crippen LogP contribution is -2.60. The van der Waals surface area contributed by atoms with Crippen molar-refractivity contribution in [3.63, 3.8) is 0 Å². The largest absolute Gasteiger partial charge is 0.0913 e.